The molecule has 0 radical (unpaired) electrons. The zero-order chi connectivity index (χ0) is 20.3. The highest BCUT2D eigenvalue weighted by molar-refractivity contribution is 7.17. The van der Waals surface area contributed by atoms with Gasteiger partial charge in [-0.1, -0.05) is 19.1 Å². The lowest BCUT2D eigenvalue weighted by atomic mass is 9.82. The van der Waals surface area contributed by atoms with E-state index in [-0.39, 0.29) is 12.0 Å². The molecular weight excluding hydrogens is 378 g/mol. The highest BCUT2D eigenvalue weighted by Gasteiger charge is 2.35. The minimum atomic E-state index is -0.966. The fourth-order valence-corrected chi connectivity index (χ4v) is 5.06. The summed E-state index contributed by atoms with van der Waals surface area (Å²) in [5.41, 5.74) is 1.45. The lowest BCUT2D eigenvalue weighted by molar-refractivity contribution is -0.146. The first-order valence-electron chi connectivity index (χ1n) is 9.96. The number of nitrogens with one attached hydrogen (secondary N) is 1. The van der Waals surface area contributed by atoms with E-state index in [4.69, 9.17) is 4.74 Å². The average molecular weight is 406 g/mol. The first-order chi connectivity index (χ1) is 13.4. The van der Waals surface area contributed by atoms with E-state index in [1.165, 1.54) is 11.3 Å². The molecule has 3 atom stereocenters. The van der Waals surface area contributed by atoms with E-state index < -0.39 is 23.8 Å². The number of amides is 1. The number of carboxylic acid groups (broad SMARTS) is 1. The van der Waals surface area contributed by atoms with E-state index in [0.717, 1.165) is 36.1 Å². The molecule has 0 unspecified atom stereocenters. The molecule has 2 aliphatic rings. The van der Waals surface area contributed by atoms with Crippen molar-refractivity contribution in [1.82, 2.24) is 0 Å². The van der Waals surface area contributed by atoms with E-state index >= 15 is 0 Å². The molecule has 0 saturated carbocycles. The van der Waals surface area contributed by atoms with Gasteiger partial charge in [0, 0.05) is 4.88 Å². The van der Waals surface area contributed by atoms with Gasteiger partial charge in [0.15, 0.2) is 0 Å². The quantitative estimate of drug-likeness (QED) is 0.547. The van der Waals surface area contributed by atoms with Crippen LogP contribution in [0.25, 0.3) is 0 Å². The van der Waals surface area contributed by atoms with E-state index in [0.29, 0.717) is 29.8 Å². The van der Waals surface area contributed by atoms with Crippen molar-refractivity contribution < 1.29 is 24.2 Å². The Morgan fingerprint density at radius 2 is 1.89 bits per heavy atom. The third-order valence-electron chi connectivity index (χ3n) is 5.58. The smallest absolute Gasteiger partial charge is 0.341 e. The summed E-state index contributed by atoms with van der Waals surface area (Å²) in [6.07, 6.45) is 8.68. The highest BCUT2D eigenvalue weighted by Crippen LogP contribution is 2.39. The molecule has 1 amide bonds. The summed E-state index contributed by atoms with van der Waals surface area (Å²) in [7, 11) is 0. The van der Waals surface area contributed by atoms with Crippen LogP contribution in [0.5, 0.6) is 0 Å². The SMILES string of the molecule is CC[C@H](C)OC(=O)c1c(NC(=O)[C@@H]2CC=CC[C@H]2C(=O)O)sc2c1CCCC2. The van der Waals surface area contributed by atoms with E-state index in [2.05, 4.69) is 5.32 Å². The maximum absolute atomic E-state index is 12.9. The van der Waals surface area contributed by atoms with Crippen LogP contribution in [0.1, 0.15) is 66.8 Å². The minimum Gasteiger partial charge on any atom is -0.481 e. The zero-order valence-electron chi connectivity index (χ0n) is 16.3. The van der Waals surface area contributed by atoms with Crippen LogP contribution in [-0.2, 0) is 27.2 Å². The molecular formula is C21H27NO5S. The molecule has 0 spiro atoms. The number of aryl methyl sites for hydroxylation is 1. The van der Waals surface area contributed by atoms with Crippen LogP contribution >= 0.6 is 11.3 Å². The Morgan fingerprint density at radius 1 is 1.21 bits per heavy atom. The number of hydrogen-bond donors (Lipinski definition) is 2. The Hall–Kier alpha value is -2.15. The van der Waals surface area contributed by atoms with Crippen LogP contribution in [0.3, 0.4) is 0 Å². The number of carbonyl (C=O) groups is 3. The number of ether oxygens (including phenoxy) is 1. The van der Waals surface area contributed by atoms with Gasteiger partial charge < -0.3 is 15.2 Å². The van der Waals surface area contributed by atoms with Gasteiger partial charge in [0.1, 0.15) is 5.00 Å². The third kappa shape index (κ3) is 4.29. The summed E-state index contributed by atoms with van der Waals surface area (Å²) in [5.74, 6) is -3.09. The Kier molecular flexibility index (Phi) is 6.54. The van der Waals surface area contributed by atoms with Gasteiger partial charge in [0.05, 0.1) is 23.5 Å². The molecule has 1 heterocycles. The van der Waals surface area contributed by atoms with Crippen molar-refractivity contribution in [2.45, 2.75) is 64.9 Å². The van der Waals surface area contributed by atoms with Crippen molar-refractivity contribution in [3.63, 3.8) is 0 Å². The monoisotopic (exact) mass is 405 g/mol. The van der Waals surface area contributed by atoms with Crippen molar-refractivity contribution in [1.29, 1.82) is 0 Å². The van der Waals surface area contributed by atoms with Crippen molar-refractivity contribution >= 4 is 34.2 Å². The van der Waals surface area contributed by atoms with Crippen LogP contribution in [0, 0.1) is 11.8 Å². The van der Waals surface area contributed by atoms with E-state index in [1.54, 1.807) is 6.08 Å². The van der Waals surface area contributed by atoms with Gasteiger partial charge in [0.2, 0.25) is 5.91 Å². The van der Waals surface area contributed by atoms with Gasteiger partial charge in [0.25, 0.3) is 0 Å². The summed E-state index contributed by atoms with van der Waals surface area (Å²) in [6, 6.07) is 0. The zero-order valence-corrected chi connectivity index (χ0v) is 17.1. The van der Waals surface area contributed by atoms with E-state index in [9.17, 15) is 19.5 Å². The maximum Gasteiger partial charge on any atom is 0.341 e. The second-order valence-electron chi connectivity index (χ2n) is 7.52. The lowest BCUT2D eigenvalue weighted by Crippen LogP contribution is -2.35. The Labute approximate surface area is 169 Å². The molecule has 0 aromatic carbocycles. The molecule has 0 aliphatic heterocycles. The molecule has 0 bridgehead atoms. The summed E-state index contributed by atoms with van der Waals surface area (Å²) >= 11 is 1.43. The number of aliphatic carboxylic acids is 1. The van der Waals surface area contributed by atoms with Gasteiger partial charge in [-0.05, 0) is 57.4 Å². The highest BCUT2D eigenvalue weighted by atomic mass is 32.1. The number of rotatable bonds is 6. The number of anilines is 1. The van der Waals surface area contributed by atoms with Gasteiger partial charge in [-0.2, -0.15) is 0 Å². The first kappa shape index (κ1) is 20.6. The van der Waals surface area contributed by atoms with Crippen LogP contribution < -0.4 is 5.32 Å². The number of thiophene rings is 1. The van der Waals surface area contributed by atoms with E-state index in [1.807, 2.05) is 19.9 Å². The predicted octanol–water partition coefficient (Wildman–Crippen LogP) is 4.19. The number of carbonyl (C=O) groups excluding carboxylic acids is 2. The van der Waals surface area contributed by atoms with Crippen molar-refractivity contribution in [3.05, 3.63) is 28.2 Å². The molecule has 0 fully saturated rings. The van der Waals surface area contributed by atoms with Gasteiger partial charge in [-0.3, -0.25) is 9.59 Å². The van der Waals surface area contributed by atoms with Crippen molar-refractivity contribution in [2.75, 3.05) is 5.32 Å². The van der Waals surface area contributed by atoms with Crippen molar-refractivity contribution in [3.8, 4) is 0 Å². The fraction of sp³-hybridized carbons (Fsp3) is 0.571. The number of hydrogen-bond acceptors (Lipinski definition) is 5. The van der Waals surface area contributed by atoms with Gasteiger partial charge in [-0.15, -0.1) is 11.3 Å². The molecule has 0 saturated heterocycles. The third-order valence-corrected chi connectivity index (χ3v) is 6.79. The summed E-state index contributed by atoms with van der Waals surface area (Å²) < 4.78 is 5.55. The first-order valence-corrected chi connectivity index (χ1v) is 10.8. The predicted molar refractivity (Wildman–Crippen MR) is 108 cm³/mol. The van der Waals surface area contributed by atoms with Crippen LogP contribution in [0.15, 0.2) is 12.2 Å². The molecule has 28 heavy (non-hydrogen) atoms. The molecule has 2 N–H and O–H groups in total. The maximum atomic E-state index is 12.9. The molecule has 2 aliphatic carbocycles. The second-order valence-corrected chi connectivity index (χ2v) is 8.63. The summed E-state index contributed by atoms with van der Waals surface area (Å²) in [4.78, 5) is 38.4. The Morgan fingerprint density at radius 3 is 2.57 bits per heavy atom. The number of allylic oxidation sites excluding steroid dienone is 2. The van der Waals surface area contributed by atoms with Gasteiger partial charge >= 0.3 is 11.9 Å². The molecule has 7 heteroatoms. The number of fused-ring (bicyclic) bond motifs is 1. The Bertz CT molecular complexity index is 797. The molecule has 152 valence electrons. The van der Waals surface area contributed by atoms with Crippen LogP contribution in [-0.4, -0.2) is 29.1 Å². The normalized spacial score (nSPS) is 22.2. The molecule has 1 aromatic heterocycles. The minimum absolute atomic E-state index is 0.199. The lowest BCUT2D eigenvalue weighted by Gasteiger charge is -2.24. The molecule has 3 rings (SSSR count). The van der Waals surface area contributed by atoms with Crippen molar-refractivity contribution in [2.24, 2.45) is 11.8 Å². The second kappa shape index (κ2) is 8.90. The molecule has 1 aromatic rings. The van der Waals surface area contributed by atoms with Crippen LogP contribution in [0.4, 0.5) is 5.00 Å². The summed E-state index contributed by atoms with van der Waals surface area (Å²) in [5, 5.41) is 12.8. The largest absolute Gasteiger partial charge is 0.481 e. The Balaban J connectivity index is 1.87. The van der Waals surface area contributed by atoms with Gasteiger partial charge in [-0.25, -0.2) is 4.79 Å². The topological polar surface area (TPSA) is 92.7 Å². The summed E-state index contributed by atoms with van der Waals surface area (Å²) in [6.45, 7) is 3.80. The van der Waals surface area contributed by atoms with Crippen LogP contribution in [0.2, 0.25) is 0 Å². The fourth-order valence-electron chi connectivity index (χ4n) is 3.78. The average Bonchev–Trinajstić information content (AvgIpc) is 3.05. The number of esters is 1. The molecule has 6 nitrogen and oxygen atoms in total. The number of carboxylic acids is 1. The standard InChI is InChI=1S/C21H27NO5S/c1-3-12(2)27-21(26)17-15-10-6-7-11-16(15)28-19(17)22-18(23)13-8-4-5-9-14(13)20(24)25/h4-5,12-14H,3,6-11H2,1-2H3,(H,22,23)(H,24,25)/t12-,13+,14+/m0/s1.